The molecular formula is C24H22N2O4. The van der Waals surface area contributed by atoms with Crippen LogP contribution in [0.5, 0.6) is 0 Å². The van der Waals surface area contributed by atoms with Gasteiger partial charge in [0.05, 0.1) is 11.4 Å². The molecule has 0 spiro atoms. The quantitative estimate of drug-likeness (QED) is 0.617. The van der Waals surface area contributed by atoms with Crippen molar-refractivity contribution in [2.45, 2.75) is 13.2 Å². The molecule has 152 valence electrons. The van der Waals surface area contributed by atoms with Gasteiger partial charge < -0.3 is 9.47 Å². The number of anilines is 2. The second kappa shape index (κ2) is 9.13. The number of ether oxygens (including phenoxy) is 2. The van der Waals surface area contributed by atoms with Crippen molar-refractivity contribution >= 4 is 23.6 Å². The summed E-state index contributed by atoms with van der Waals surface area (Å²) in [5, 5.41) is 0. The maximum Gasteiger partial charge on any atom is 0.414 e. The third-order valence-corrected chi connectivity index (χ3v) is 4.86. The van der Waals surface area contributed by atoms with Crippen molar-refractivity contribution in [1.82, 2.24) is 0 Å². The number of fused-ring (bicyclic) bond motifs is 1. The average molecular weight is 402 g/mol. The Balaban J connectivity index is 1.44. The molecule has 0 saturated carbocycles. The number of hydrogen-bond donors (Lipinski definition) is 0. The molecule has 3 aromatic carbocycles. The molecule has 0 atom stereocenters. The summed E-state index contributed by atoms with van der Waals surface area (Å²) in [7, 11) is 0. The molecule has 6 heteroatoms. The van der Waals surface area contributed by atoms with E-state index in [9.17, 15) is 9.59 Å². The van der Waals surface area contributed by atoms with Crippen molar-refractivity contribution in [2.75, 3.05) is 22.9 Å². The second-order valence-electron chi connectivity index (χ2n) is 6.87. The van der Waals surface area contributed by atoms with E-state index in [2.05, 4.69) is 0 Å². The van der Waals surface area contributed by atoms with Crippen LogP contribution >= 0.6 is 0 Å². The van der Waals surface area contributed by atoms with Gasteiger partial charge in [0, 0.05) is 13.1 Å². The van der Waals surface area contributed by atoms with Crippen molar-refractivity contribution in [2.24, 2.45) is 0 Å². The van der Waals surface area contributed by atoms with E-state index in [1.165, 1.54) is 0 Å². The summed E-state index contributed by atoms with van der Waals surface area (Å²) in [5.74, 6) is 0. The van der Waals surface area contributed by atoms with Gasteiger partial charge in [-0.25, -0.2) is 9.59 Å². The lowest BCUT2D eigenvalue weighted by atomic mass is 10.2. The molecule has 0 N–H and O–H groups in total. The van der Waals surface area contributed by atoms with E-state index in [-0.39, 0.29) is 13.2 Å². The minimum Gasteiger partial charge on any atom is -0.444 e. The van der Waals surface area contributed by atoms with Crippen molar-refractivity contribution in [1.29, 1.82) is 0 Å². The zero-order valence-electron chi connectivity index (χ0n) is 16.4. The molecule has 0 fully saturated rings. The third kappa shape index (κ3) is 4.43. The SMILES string of the molecule is O=C(OCc1ccccc1)N1CCN(C(=O)OCc2ccccc2)c2ccccc21. The van der Waals surface area contributed by atoms with Gasteiger partial charge >= 0.3 is 12.2 Å². The summed E-state index contributed by atoms with van der Waals surface area (Å²) in [4.78, 5) is 28.5. The van der Waals surface area contributed by atoms with Crippen molar-refractivity contribution < 1.29 is 19.1 Å². The Morgan fingerprint density at radius 3 is 1.37 bits per heavy atom. The van der Waals surface area contributed by atoms with Crippen LogP contribution in [0.1, 0.15) is 11.1 Å². The van der Waals surface area contributed by atoms with Crippen molar-refractivity contribution in [3.63, 3.8) is 0 Å². The van der Waals surface area contributed by atoms with Gasteiger partial charge in [-0.15, -0.1) is 0 Å². The van der Waals surface area contributed by atoms with E-state index in [1.54, 1.807) is 21.9 Å². The highest BCUT2D eigenvalue weighted by Gasteiger charge is 2.31. The van der Waals surface area contributed by atoms with Crippen LogP contribution in [0.3, 0.4) is 0 Å². The van der Waals surface area contributed by atoms with Gasteiger partial charge in [0.15, 0.2) is 0 Å². The molecule has 4 rings (SSSR count). The van der Waals surface area contributed by atoms with Crippen molar-refractivity contribution in [3.05, 3.63) is 96.1 Å². The summed E-state index contributed by atoms with van der Waals surface area (Å²) in [5.41, 5.74) is 3.08. The monoisotopic (exact) mass is 402 g/mol. The van der Waals surface area contributed by atoms with E-state index < -0.39 is 12.2 Å². The number of nitrogens with zero attached hydrogens (tertiary/aromatic N) is 2. The largest absolute Gasteiger partial charge is 0.444 e. The number of carbonyl (C=O) groups is 2. The van der Waals surface area contributed by atoms with Gasteiger partial charge in [-0.05, 0) is 23.3 Å². The van der Waals surface area contributed by atoms with Crippen LogP contribution < -0.4 is 9.80 Å². The van der Waals surface area contributed by atoms with Gasteiger partial charge in [-0.3, -0.25) is 9.80 Å². The Hall–Kier alpha value is -3.80. The molecule has 0 aromatic heterocycles. The highest BCUT2D eigenvalue weighted by atomic mass is 16.6. The zero-order valence-corrected chi connectivity index (χ0v) is 16.4. The summed E-state index contributed by atoms with van der Waals surface area (Å²) < 4.78 is 11.0. The van der Waals surface area contributed by atoms with Crippen LogP contribution in [0.25, 0.3) is 0 Å². The zero-order chi connectivity index (χ0) is 20.8. The number of benzene rings is 3. The molecule has 30 heavy (non-hydrogen) atoms. The molecule has 0 bridgehead atoms. The Morgan fingerprint density at radius 1 is 0.600 bits per heavy atom. The maximum absolute atomic E-state index is 12.7. The Morgan fingerprint density at radius 2 is 0.967 bits per heavy atom. The summed E-state index contributed by atoms with van der Waals surface area (Å²) in [6.45, 7) is 1.04. The molecule has 6 nitrogen and oxygen atoms in total. The minimum absolute atomic E-state index is 0.196. The van der Waals surface area contributed by atoms with Crippen LogP contribution in [0, 0.1) is 0 Å². The van der Waals surface area contributed by atoms with E-state index >= 15 is 0 Å². The van der Waals surface area contributed by atoms with E-state index in [1.807, 2.05) is 72.8 Å². The smallest absolute Gasteiger partial charge is 0.414 e. The first-order chi connectivity index (χ1) is 14.7. The molecule has 2 amide bonds. The van der Waals surface area contributed by atoms with E-state index in [0.717, 1.165) is 11.1 Å². The van der Waals surface area contributed by atoms with Gasteiger partial charge in [0.2, 0.25) is 0 Å². The van der Waals surface area contributed by atoms with E-state index in [0.29, 0.717) is 24.5 Å². The fourth-order valence-corrected chi connectivity index (χ4v) is 3.34. The predicted molar refractivity (Wildman–Crippen MR) is 114 cm³/mol. The van der Waals surface area contributed by atoms with Crippen LogP contribution in [-0.2, 0) is 22.7 Å². The molecule has 3 aromatic rings. The first-order valence-electron chi connectivity index (χ1n) is 9.78. The molecule has 1 aliphatic rings. The normalized spacial score (nSPS) is 12.8. The van der Waals surface area contributed by atoms with Gasteiger partial charge in [-0.2, -0.15) is 0 Å². The molecular weight excluding hydrogens is 380 g/mol. The Labute approximate surface area is 175 Å². The van der Waals surface area contributed by atoms with Crippen LogP contribution in [0.2, 0.25) is 0 Å². The number of rotatable bonds is 4. The van der Waals surface area contributed by atoms with E-state index in [4.69, 9.17) is 9.47 Å². The first kappa shape index (κ1) is 19.5. The number of para-hydroxylation sites is 2. The van der Waals surface area contributed by atoms with Crippen LogP contribution in [0.15, 0.2) is 84.9 Å². The van der Waals surface area contributed by atoms with Crippen molar-refractivity contribution in [3.8, 4) is 0 Å². The first-order valence-corrected chi connectivity index (χ1v) is 9.78. The minimum atomic E-state index is -0.441. The maximum atomic E-state index is 12.7. The van der Waals surface area contributed by atoms with Crippen LogP contribution in [0.4, 0.5) is 21.0 Å². The third-order valence-electron chi connectivity index (χ3n) is 4.86. The standard InChI is InChI=1S/C24H22N2O4/c27-23(29-17-19-9-3-1-4-10-19)25-15-16-26(22-14-8-7-13-21(22)25)24(28)30-18-20-11-5-2-6-12-20/h1-14H,15-18H2. The fourth-order valence-electron chi connectivity index (χ4n) is 3.34. The van der Waals surface area contributed by atoms with Crippen LogP contribution in [-0.4, -0.2) is 25.3 Å². The molecule has 0 aliphatic carbocycles. The highest BCUT2D eigenvalue weighted by Crippen LogP contribution is 2.33. The number of amides is 2. The molecule has 1 heterocycles. The van der Waals surface area contributed by atoms with Gasteiger partial charge in [0.25, 0.3) is 0 Å². The average Bonchev–Trinajstić information content (AvgIpc) is 2.81. The topological polar surface area (TPSA) is 59.1 Å². The highest BCUT2D eigenvalue weighted by molar-refractivity contribution is 6.00. The predicted octanol–water partition coefficient (Wildman–Crippen LogP) is 4.99. The summed E-state index contributed by atoms with van der Waals surface area (Å²) in [6.07, 6.45) is -0.882. The molecule has 0 radical (unpaired) electrons. The van der Waals surface area contributed by atoms with Gasteiger partial charge in [-0.1, -0.05) is 72.8 Å². The lowest BCUT2D eigenvalue weighted by Gasteiger charge is -2.35. The molecule has 1 aliphatic heterocycles. The molecule has 0 saturated heterocycles. The Kier molecular flexibility index (Phi) is 5.94. The number of hydrogen-bond acceptors (Lipinski definition) is 4. The Bertz CT molecular complexity index is 925. The number of carbonyl (C=O) groups excluding carboxylic acids is 2. The summed E-state index contributed by atoms with van der Waals surface area (Å²) in [6, 6.07) is 26.3. The second-order valence-corrected chi connectivity index (χ2v) is 6.87. The fraction of sp³-hybridized carbons (Fsp3) is 0.167. The van der Waals surface area contributed by atoms with Gasteiger partial charge in [0.1, 0.15) is 13.2 Å². The summed E-state index contributed by atoms with van der Waals surface area (Å²) >= 11 is 0. The molecule has 0 unspecified atom stereocenters. The lowest BCUT2D eigenvalue weighted by Crippen LogP contribution is -2.46. The lowest BCUT2D eigenvalue weighted by molar-refractivity contribution is 0.142.